The molecule has 0 N–H and O–H groups in total. The number of carbonyl (C=O) groups is 1. The van der Waals surface area contributed by atoms with Crippen LogP contribution in [0.3, 0.4) is 0 Å². The second-order valence-electron chi connectivity index (χ2n) is 6.17. The Morgan fingerprint density at radius 1 is 1.14 bits per heavy atom. The quantitative estimate of drug-likeness (QED) is 0.838. The zero-order chi connectivity index (χ0) is 14.3. The van der Waals surface area contributed by atoms with Crippen molar-refractivity contribution in [3.05, 3.63) is 35.9 Å². The first-order valence-electron chi connectivity index (χ1n) is 7.88. The van der Waals surface area contributed by atoms with E-state index in [4.69, 9.17) is 0 Å². The second kappa shape index (κ2) is 4.91. The smallest absolute Gasteiger partial charge is 0.277 e. The number of nitrogens with zero attached hydrogens (tertiary/aromatic N) is 4. The van der Waals surface area contributed by atoms with Crippen LogP contribution in [-0.2, 0) is 0 Å². The van der Waals surface area contributed by atoms with Gasteiger partial charge in [0.05, 0.1) is 0 Å². The van der Waals surface area contributed by atoms with Gasteiger partial charge in [-0.05, 0) is 44.2 Å². The van der Waals surface area contributed by atoms with E-state index in [0.29, 0.717) is 5.56 Å². The van der Waals surface area contributed by atoms with Crippen molar-refractivity contribution in [2.24, 2.45) is 10.3 Å². The van der Waals surface area contributed by atoms with Crippen LogP contribution in [0.2, 0.25) is 0 Å². The monoisotopic (exact) mass is 284 g/mol. The van der Waals surface area contributed by atoms with E-state index in [1.54, 1.807) is 5.01 Å². The van der Waals surface area contributed by atoms with Crippen molar-refractivity contribution < 1.29 is 4.79 Å². The van der Waals surface area contributed by atoms with Gasteiger partial charge in [-0.1, -0.05) is 23.4 Å². The molecule has 110 valence electrons. The van der Waals surface area contributed by atoms with Crippen molar-refractivity contribution in [2.75, 3.05) is 13.1 Å². The Labute approximate surface area is 124 Å². The maximum absolute atomic E-state index is 12.9. The van der Waals surface area contributed by atoms with E-state index in [0.717, 1.165) is 32.4 Å². The van der Waals surface area contributed by atoms with Crippen LogP contribution in [-0.4, -0.2) is 40.6 Å². The lowest BCUT2D eigenvalue weighted by molar-refractivity contribution is -0.0172. The van der Waals surface area contributed by atoms with E-state index in [1.165, 1.54) is 12.8 Å². The van der Waals surface area contributed by atoms with Gasteiger partial charge in [0, 0.05) is 18.7 Å². The fourth-order valence-electron chi connectivity index (χ4n) is 4.07. The van der Waals surface area contributed by atoms with Crippen LogP contribution in [0.15, 0.2) is 40.7 Å². The van der Waals surface area contributed by atoms with E-state index >= 15 is 0 Å². The van der Waals surface area contributed by atoms with Gasteiger partial charge in [0.2, 0.25) is 0 Å². The van der Waals surface area contributed by atoms with Crippen LogP contribution in [0.25, 0.3) is 0 Å². The zero-order valence-electron chi connectivity index (χ0n) is 12.1. The molecule has 1 aliphatic carbocycles. The third-order valence-electron chi connectivity index (χ3n) is 5.07. The zero-order valence-corrected chi connectivity index (χ0v) is 12.1. The maximum atomic E-state index is 12.9. The summed E-state index contributed by atoms with van der Waals surface area (Å²) < 4.78 is 0. The van der Waals surface area contributed by atoms with Crippen molar-refractivity contribution in [3.8, 4) is 0 Å². The highest BCUT2D eigenvalue weighted by Gasteiger charge is 2.58. The molecule has 2 aliphatic heterocycles. The number of rotatable bonds is 2. The van der Waals surface area contributed by atoms with Crippen LogP contribution in [0, 0.1) is 0 Å². The fraction of sp³-hybridized carbons (Fsp3) is 0.562. The highest BCUT2D eigenvalue weighted by Crippen LogP contribution is 2.46. The summed E-state index contributed by atoms with van der Waals surface area (Å²) in [4.78, 5) is 15.3. The van der Waals surface area contributed by atoms with Gasteiger partial charge in [-0.3, -0.25) is 9.69 Å². The number of amides is 1. The van der Waals surface area contributed by atoms with Crippen molar-refractivity contribution in [3.63, 3.8) is 0 Å². The molecule has 1 saturated heterocycles. The molecule has 3 aliphatic rings. The Balaban J connectivity index is 1.70. The van der Waals surface area contributed by atoms with Gasteiger partial charge in [-0.25, -0.2) is 0 Å². The molecule has 2 heterocycles. The van der Waals surface area contributed by atoms with Gasteiger partial charge in [0.15, 0.2) is 0 Å². The summed E-state index contributed by atoms with van der Waals surface area (Å²) in [7, 11) is 0. The van der Waals surface area contributed by atoms with Crippen molar-refractivity contribution in [1.82, 2.24) is 9.91 Å². The molecule has 0 radical (unpaired) electrons. The molecule has 5 nitrogen and oxygen atoms in total. The third-order valence-corrected chi connectivity index (χ3v) is 5.07. The molecule has 1 saturated carbocycles. The number of carbonyl (C=O) groups excluding carboxylic acids is 1. The lowest BCUT2D eigenvalue weighted by atomic mass is 10.0. The lowest BCUT2D eigenvalue weighted by Gasteiger charge is -2.42. The maximum Gasteiger partial charge on any atom is 0.277 e. The first-order valence-corrected chi connectivity index (χ1v) is 7.88. The Morgan fingerprint density at radius 2 is 1.90 bits per heavy atom. The van der Waals surface area contributed by atoms with Gasteiger partial charge in [-0.15, -0.1) is 0 Å². The molecule has 1 amide bonds. The van der Waals surface area contributed by atoms with E-state index in [1.807, 2.05) is 30.3 Å². The standard InChI is InChI=1S/C16H20N4O/c21-15(13-7-2-1-3-8-13)20-16(19-11-4-5-12-19)10-6-9-14(16)17-18-20/h1-3,7-8,14H,4-6,9-12H2/t14-,16+/m0/s1. The number of hydrogen-bond donors (Lipinski definition) is 0. The number of benzene rings is 1. The Kier molecular flexibility index (Phi) is 3.03. The summed E-state index contributed by atoms with van der Waals surface area (Å²) in [6, 6.07) is 9.60. The highest BCUT2D eigenvalue weighted by molar-refractivity contribution is 5.94. The Bertz CT molecular complexity index is 567. The SMILES string of the molecule is O=C(c1ccccc1)N1N=N[C@H]2CCC[C@]21N1CCCC1. The van der Waals surface area contributed by atoms with Gasteiger partial charge in [-0.2, -0.15) is 10.1 Å². The second-order valence-corrected chi connectivity index (χ2v) is 6.17. The number of fused-ring (bicyclic) bond motifs is 1. The number of hydrogen-bond acceptors (Lipinski definition) is 4. The summed E-state index contributed by atoms with van der Waals surface area (Å²) >= 11 is 0. The van der Waals surface area contributed by atoms with Gasteiger partial charge >= 0.3 is 0 Å². The number of likely N-dealkylation sites (tertiary alicyclic amines) is 1. The van der Waals surface area contributed by atoms with Crippen LogP contribution in [0.1, 0.15) is 42.5 Å². The molecule has 21 heavy (non-hydrogen) atoms. The fourth-order valence-corrected chi connectivity index (χ4v) is 4.07. The molecule has 5 heteroatoms. The van der Waals surface area contributed by atoms with Gasteiger partial charge < -0.3 is 0 Å². The normalized spacial score (nSPS) is 31.8. The molecular formula is C16H20N4O. The van der Waals surface area contributed by atoms with Gasteiger partial charge in [0.1, 0.15) is 11.7 Å². The highest BCUT2D eigenvalue weighted by atomic mass is 16.2. The Morgan fingerprint density at radius 3 is 2.67 bits per heavy atom. The van der Waals surface area contributed by atoms with Crippen molar-refractivity contribution in [1.29, 1.82) is 0 Å². The van der Waals surface area contributed by atoms with Gasteiger partial charge in [0.25, 0.3) is 5.91 Å². The topological polar surface area (TPSA) is 48.3 Å². The third kappa shape index (κ3) is 1.83. The largest absolute Gasteiger partial charge is 0.277 e. The molecule has 2 atom stereocenters. The summed E-state index contributed by atoms with van der Waals surface area (Å²) in [6.45, 7) is 2.11. The van der Waals surface area contributed by atoms with E-state index in [9.17, 15) is 4.79 Å². The average molecular weight is 284 g/mol. The van der Waals surface area contributed by atoms with E-state index in [2.05, 4.69) is 15.2 Å². The first-order chi connectivity index (χ1) is 10.3. The molecule has 0 aromatic heterocycles. The minimum atomic E-state index is -0.288. The lowest BCUT2D eigenvalue weighted by Crippen LogP contribution is -2.60. The molecular weight excluding hydrogens is 264 g/mol. The molecule has 0 bridgehead atoms. The predicted molar refractivity (Wildman–Crippen MR) is 78.6 cm³/mol. The minimum Gasteiger partial charge on any atom is -0.277 e. The van der Waals surface area contributed by atoms with E-state index < -0.39 is 0 Å². The summed E-state index contributed by atoms with van der Waals surface area (Å²) in [5.74, 6) is -0.0179. The van der Waals surface area contributed by atoms with E-state index in [-0.39, 0.29) is 17.6 Å². The molecule has 1 aromatic carbocycles. The average Bonchev–Trinajstić information content (AvgIpc) is 3.22. The predicted octanol–water partition coefficient (Wildman–Crippen LogP) is 2.85. The molecule has 0 spiro atoms. The van der Waals surface area contributed by atoms with Crippen molar-refractivity contribution >= 4 is 5.91 Å². The van der Waals surface area contributed by atoms with Crippen LogP contribution in [0.4, 0.5) is 0 Å². The molecule has 4 rings (SSSR count). The molecule has 2 fully saturated rings. The van der Waals surface area contributed by atoms with Crippen LogP contribution in [0.5, 0.6) is 0 Å². The first kappa shape index (κ1) is 13.0. The molecule has 0 unspecified atom stereocenters. The van der Waals surface area contributed by atoms with Crippen molar-refractivity contribution in [2.45, 2.75) is 43.8 Å². The Hall–Kier alpha value is -1.75. The summed E-state index contributed by atoms with van der Waals surface area (Å²) in [5.41, 5.74) is 0.409. The molecule has 1 aromatic rings. The summed E-state index contributed by atoms with van der Waals surface area (Å²) in [5, 5.41) is 10.4. The van der Waals surface area contributed by atoms with Crippen LogP contribution >= 0.6 is 0 Å². The van der Waals surface area contributed by atoms with Crippen LogP contribution < -0.4 is 0 Å². The minimum absolute atomic E-state index is 0.0179. The summed E-state index contributed by atoms with van der Waals surface area (Å²) in [6.07, 6.45) is 5.57.